The third kappa shape index (κ3) is 9.73. The Morgan fingerprint density at radius 1 is 0.253 bits per heavy atom. The van der Waals surface area contributed by atoms with Crippen LogP contribution in [0.3, 0.4) is 0 Å². The maximum Gasteiger partial charge on any atom is 0.0619 e. The number of hydrogen-bond acceptors (Lipinski definition) is 3. The zero-order chi connectivity index (χ0) is 58.3. The molecule has 15 rings (SSSR count). The van der Waals surface area contributed by atoms with E-state index in [1.165, 1.54) is 66.7 Å². The Morgan fingerprint density at radius 2 is 0.563 bits per heavy atom. The molecule has 0 saturated carbocycles. The molecule has 0 radical (unpaired) electrons. The molecule has 0 amide bonds. The first kappa shape index (κ1) is 52.6. The lowest BCUT2D eigenvalue weighted by atomic mass is 9.81. The fourth-order valence-electron chi connectivity index (χ4n) is 13.1. The molecule has 0 N–H and O–H groups in total. The molecule has 4 nitrogen and oxygen atoms in total. The highest BCUT2D eigenvalue weighted by molar-refractivity contribution is 6.09. The molecular formula is C83H62N4. The zero-order valence-corrected chi connectivity index (χ0v) is 48.6. The van der Waals surface area contributed by atoms with Gasteiger partial charge in [0, 0.05) is 73.2 Å². The van der Waals surface area contributed by atoms with E-state index in [1.54, 1.807) is 0 Å². The molecule has 0 fully saturated rings. The van der Waals surface area contributed by atoms with Crippen molar-refractivity contribution >= 4 is 62.1 Å². The van der Waals surface area contributed by atoms with E-state index in [1.807, 2.05) is 0 Å². The minimum Gasteiger partial charge on any atom is -0.311 e. The first-order valence-electron chi connectivity index (χ1n) is 30.0. The smallest absolute Gasteiger partial charge is 0.0619 e. The van der Waals surface area contributed by atoms with Crippen LogP contribution >= 0.6 is 0 Å². The summed E-state index contributed by atoms with van der Waals surface area (Å²) in [6.45, 7) is 4.80. The Hall–Kier alpha value is -11.2. The van der Waals surface area contributed by atoms with E-state index in [0.717, 1.165) is 68.0 Å². The van der Waals surface area contributed by atoms with Crippen LogP contribution in [0.25, 0.3) is 72.4 Å². The molecule has 0 unspecified atom stereocenters. The second kappa shape index (κ2) is 22.4. The number of para-hydroxylation sites is 5. The zero-order valence-electron chi connectivity index (χ0n) is 48.6. The number of nitrogens with zero attached hydrogens (tertiary/aromatic N) is 4. The molecule has 14 aromatic rings. The molecule has 0 saturated heterocycles. The number of hydrogen-bond donors (Lipinski definition) is 0. The van der Waals surface area contributed by atoms with Gasteiger partial charge in [-0.2, -0.15) is 0 Å². The maximum absolute atomic E-state index is 2.49. The van der Waals surface area contributed by atoms with Crippen molar-refractivity contribution in [2.45, 2.75) is 19.3 Å². The van der Waals surface area contributed by atoms with Gasteiger partial charge in [-0.1, -0.05) is 214 Å². The van der Waals surface area contributed by atoms with Crippen LogP contribution in [-0.4, -0.2) is 4.57 Å². The van der Waals surface area contributed by atoms with Crippen LogP contribution in [0.15, 0.2) is 340 Å². The highest BCUT2D eigenvalue weighted by Gasteiger charge is 2.37. The third-order valence-corrected chi connectivity index (χ3v) is 17.4. The number of benzene rings is 13. The van der Waals surface area contributed by atoms with Gasteiger partial charge in [0.05, 0.1) is 11.2 Å². The Bertz CT molecular complexity index is 4600. The molecule has 13 aromatic carbocycles. The summed E-state index contributed by atoms with van der Waals surface area (Å²) in [7, 11) is 0. The van der Waals surface area contributed by atoms with Gasteiger partial charge >= 0.3 is 0 Å². The van der Waals surface area contributed by atoms with Crippen molar-refractivity contribution in [2.75, 3.05) is 14.7 Å². The summed E-state index contributed by atoms with van der Waals surface area (Å²) in [5.41, 5.74) is 26.6. The van der Waals surface area contributed by atoms with E-state index in [-0.39, 0.29) is 5.41 Å². The molecule has 1 aliphatic rings. The number of fused-ring (bicyclic) bond motifs is 4. The average molecular weight is 1120 g/mol. The molecule has 0 spiro atoms. The lowest BCUT2D eigenvalue weighted by Crippen LogP contribution is -2.15. The van der Waals surface area contributed by atoms with Crippen molar-refractivity contribution in [3.63, 3.8) is 0 Å². The van der Waals surface area contributed by atoms with E-state index in [4.69, 9.17) is 0 Å². The van der Waals surface area contributed by atoms with E-state index in [0.29, 0.717) is 0 Å². The van der Waals surface area contributed by atoms with E-state index in [9.17, 15) is 0 Å². The quantitative estimate of drug-likeness (QED) is 0.108. The molecule has 1 aliphatic carbocycles. The summed E-state index contributed by atoms with van der Waals surface area (Å²) in [6, 6.07) is 123. The van der Waals surface area contributed by atoms with Crippen molar-refractivity contribution in [1.82, 2.24) is 4.57 Å². The van der Waals surface area contributed by atoms with Crippen LogP contribution in [0.2, 0.25) is 0 Å². The predicted molar refractivity (Wildman–Crippen MR) is 367 cm³/mol. The number of anilines is 9. The van der Waals surface area contributed by atoms with Crippen LogP contribution < -0.4 is 14.7 Å². The van der Waals surface area contributed by atoms with Gasteiger partial charge in [-0.25, -0.2) is 0 Å². The number of aromatic nitrogens is 1. The van der Waals surface area contributed by atoms with E-state index < -0.39 is 0 Å². The molecular weight excluding hydrogens is 1050 g/mol. The minimum absolute atomic E-state index is 0.265. The third-order valence-electron chi connectivity index (χ3n) is 17.4. The van der Waals surface area contributed by atoms with Crippen molar-refractivity contribution in [1.29, 1.82) is 0 Å². The molecule has 0 aliphatic heterocycles. The largest absolute Gasteiger partial charge is 0.311 e. The first-order valence-corrected chi connectivity index (χ1v) is 30.0. The SMILES string of the molecule is CC1(C)c2cc(-c3ccc(N(c4ccc(-c5ccc(N(c6ccccc6)c6ccccc6)cc5)cc4)c4ccc(N(c5ccccc5)c5ccccc5)cc4)cc3)ccc2-c2cc3c(-c4ccccc4)c(-c4ccccc4)n(-c4ccccc4)c3cc21. The normalized spacial score (nSPS) is 12.1. The summed E-state index contributed by atoms with van der Waals surface area (Å²) in [5, 5.41) is 1.24. The average Bonchev–Trinajstić information content (AvgIpc) is 1.58. The van der Waals surface area contributed by atoms with Crippen molar-refractivity contribution in [3.8, 4) is 61.5 Å². The monoisotopic (exact) mass is 1110 g/mol. The molecule has 0 bridgehead atoms. The lowest BCUT2D eigenvalue weighted by molar-refractivity contribution is 0.661. The van der Waals surface area contributed by atoms with E-state index >= 15 is 0 Å². The van der Waals surface area contributed by atoms with Gasteiger partial charge in [0.2, 0.25) is 0 Å². The predicted octanol–water partition coefficient (Wildman–Crippen LogP) is 23.0. The summed E-state index contributed by atoms with van der Waals surface area (Å²) < 4.78 is 2.49. The summed E-state index contributed by atoms with van der Waals surface area (Å²) >= 11 is 0. The van der Waals surface area contributed by atoms with Gasteiger partial charge in [0.1, 0.15) is 0 Å². The van der Waals surface area contributed by atoms with Crippen LogP contribution in [0.1, 0.15) is 25.0 Å². The second-order valence-electron chi connectivity index (χ2n) is 22.9. The standard InChI is InChI=1S/C83H62N4/c1-83(2)78-56-64(44-55-75(78)76-57-77-80(58-79(76)83)87(69-36-22-9-23-37-69)82(63-26-12-4-13-27-63)81(77)62-24-10-3-11-25-62)61-42-49-72(50-43-61)86(74-53-51-73(52-54-74)85(67-32-18-7-19-33-67)68-34-20-8-21-35-68)71-47-40-60(41-48-71)59-38-45-70(46-39-59)84(65-28-14-5-15-29-65)66-30-16-6-17-31-66/h3-58H,1-2H3. The van der Waals surface area contributed by atoms with Gasteiger partial charge in [0.25, 0.3) is 0 Å². The molecule has 1 heterocycles. The van der Waals surface area contributed by atoms with Gasteiger partial charge in [0.15, 0.2) is 0 Å². The Labute approximate surface area is 510 Å². The van der Waals surface area contributed by atoms with Crippen LogP contribution in [0, 0.1) is 0 Å². The Balaban J connectivity index is 0.791. The highest BCUT2D eigenvalue weighted by Crippen LogP contribution is 2.54. The highest BCUT2D eigenvalue weighted by atomic mass is 15.2. The molecule has 87 heavy (non-hydrogen) atoms. The fraction of sp³-hybridized carbons (Fsp3) is 0.0361. The minimum atomic E-state index is -0.265. The maximum atomic E-state index is 2.49. The van der Waals surface area contributed by atoms with Crippen LogP contribution in [-0.2, 0) is 5.41 Å². The second-order valence-corrected chi connectivity index (χ2v) is 22.9. The summed E-state index contributed by atoms with van der Waals surface area (Å²) in [4.78, 5) is 6.98. The molecule has 0 atom stereocenters. The molecule has 414 valence electrons. The Kier molecular flexibility index (Phi) is 13.6. The number of rotatable bonds is 14. The van der Waals surface area contributed by atoms with E-state index in [2.05, 4.69) is 373 Å². The van der Waals surface area contributed by atoms with Crippen molar-refractivity contribution in [2.24, 2.45) is 0 Å². The fourth-order valence-corrected chi connectivity index (χ4v) is 13.1. The van der Waals surface area contributed by atoms with Gasteiger partial charge in [-0.3, -0.25) is 0 Å². The van der Waals surface area contributed by atoms with Crippen LogP contribution in [0.4, 0.5) is 51.2 Å². The summed E-state index contributed by atoms with van der Waals surface area (Å²) in [6.07, 6.45) is 0. The molecule has 1 aromatic heterocycles. The molecule has 4 heteroatoms. The Morgan fingerprint density at radius 3 is 0.966 bits per heavy atom. The van der Waals surface area contributed by atoms with Gasteiger partial charge in [-0.05, 0) is 195 Å². The topological polar surface area (TPSA) is 14.7 Å². The summed E-state index contributed by atoms with van der Waals surface area (Å²) in [5.74, 6) is 0. The van der Waals surface area contributed by atoms with Crippen molar-refractivity contribution in [3.05, 3.63) is 351 Å². The lowest BCUT2D eigenvalue weighted by Gasteiger charge is -2.28. The first-order chi connectivity index (χ1) is 42.9. The van der Waals surface area contributed by atoms with Gasteiger partial charge < -0.3 is 19.3 Å². The van der Waals surface area contributed by atoms with Gasteiger partial charge in [-0.15, -0.1) is 0 Å². The van der Waals surface area contributed by atoms with Crippen molar-refractivity contribution < 1.29 is 0 Å². The van der Waals surface area contributed by atoms with Crippen LogP contribution in [0.5, 0.6) is 0 Å².